The first kappa shape index (κ1) is 24.7. The van der Waals surface area contributed by atoms with Gasteiger partial charge in [-0.3, -0.25) is 9.59 Å². The molecular formula is C28H24F3NO5. The average molecular weight is 511 g/mol. The van der Waals surface area contributed by atoms with E-state index in [0.29, 0.717) is 17.0 Å². The lowest BCUT2D eigenvalue weighted by molar-refractivity contribution is -0.274. The summed E-state index contributed by atoms with van der Waals surface area (Å²) in [6.45, 7) is 0.508. The van der Waals surface area contributed by atoms with E-state index in [0.717, 1.165) is 41.5 Å². The molecule has 1 N–H and O–H groups in total. The lowest BCUT2D eigenvalue weighted by Crippen LogP contribution is -2.23. The minimum Gasteiger partial charge on any atom is -0.489 e. The number of fused-ring (bicyclic) bond motifs is 2. The Bertz CT molecular complexity index is 1340. The lowest BCUT2D eigenvalue weighted by atomic mass is 9.81. The van der Waals surface area contributed by atoms with Gasteiger partial charge in [-0.2, -0.15) is 0 Å². The number of carbonyl (C=O) groups excluding carboxylic acids is 1. The first-order valence-electron chi connectivity index (χ1n) is 11.9. The van der Waals surface area contributed by atoms with E-state index in [1.807, 2.05) is 24.3 Å². The standard InChI is InChI=1S/C28H24F3NO5/c29-28(30,31)37-21-9-7-20(8-10-21)32-15-25-19(5-2-6-24(25)27(32)35)16-36-22-11-12-23-17(13-22)3-1-4-18(23)14-26(33)34/h2,5-13,18H,1,3-4,14-16H2,(H,33,34). The van der Waals surface area contributed by atoms with E-state index in [-0.39, 0.29) is 37.1 Å². The van der Waals surface area contributed by atoms with Gasteiger partial charge in [-0.25, -0.2) is 0 Å². The van der Waals surface area contributed by atoms with Gasteiger partial charge in [0.25, 0.3) is 5.91 Å². The van der Waals surface area contributed by atoms with E-state index in [2.05, 4.69) is 4.74 Å². The van der Waals surface area contributed by atoms with Gasteiger partial charge >= 0.3 is 12.3 Å². The number of carboxylic acids is 1. The second-order valence-electron chi connectivity index (χ2n) is 9.21. The van der Waals surface area contributed by atoms with Crippen molar-refractivity contribution in [3.05, 3.63) is 88.5 Å². The fraction of sp³-hybridized carbons (Fsp3) is 0.286. The highest BCUT2D eigenvalue weighted by molar-refractivity contribution is 6.10. The first-order valence-corrected chi connectivity index (χ1v) is 11.9. The monoisotopic (exact) mass is 511 g/mol. The molecule has 1 atom stereocenters. The maximum absolute atomic E-state index is 13.0. The molecule has 0 saturated carbocycles. The minimum absolute atomic E-state index is 0.0128. The summed E-state index contributed by atoms with van der Waals surface area (Å²) in [5.41, 5.74) is 4.81. The smallest absolute Gasteiger partial charge is 0.489 e. The molecule has 3 aromatic rings. The van der Waals surface area contributed by atoms with Crippen molar-refractivity contribution in [3.8, 4) is 11.5 Å². The van der Waals surface area contributed by atoms with Crippen LogP contribution in [-0.4, -0.2) is 23.3 Å². The zero-order valence-corrected chi connectivity index (χ0v) is 19.8. The van der Waals surface area contributed by atoms with E-state index >= 15 is 0 Å². The molecular weight excluding hydrogens is 487 g/mol. The van der Waals surface area contributed by atoms with Crippen LogP contribution in [0.15, 0.2) is 60.7 Å². The van der Waals surface area contributed by atoms with Crippen molar-refractivity contribution in [2.45, 2.75) is 51.1 Å². The van der Waals surface area contributed by atoms with Crippen LogP contribution in [0.3, 0.4) is 0 Å². The summed E-state index contributed by atoms with van der Waals surface area (Å²) in [7, 11) is 0. The summed E-state index contributed by atoms with van der Waals surface area (Å²) >= 11 is 0. The van der Waals surface area contributed by atoms with E-state index in [9.17, 15) is 27.9 Å². The maximum Gasteiger partial charge on any atom is 0.573 e. The van der Waals surface area contributed by atoms with Crippen molar-refractivity contribution in [2.75, 3.05) is 4.90 Å². The Kier molecular flexibility index (Phi) is 6.54. The highest BCUT2D eigenvalue weighted by atomic mass is 19.4. The molecule has 0 spiro atoms. The zero-order valence-electron chi connectivity index (χ0n) is 19.8. The molecule has 1 aliphatic carbocycles. The van der Waals surface area contributed by atoms with Crippen LogP contribution >= 0.6 is 0 Å². The highest BCUT2D eigenvalue weighted by Crippen LogP contribution is 2.37. The molecule has 1 unspecified atom stereocenters. The molecule has 0 fully saturated rings. The number of carboxylic acid groups (broad SMARTS) is 1. The van der Waals surface area contributed by atoms with Gasteiger partial charge in [0.15, 0.2) is 0 Å². The van der Waals surface area contributed by atoms with Crippen LogP contribution in [0.4, 0.5) is 18.9 Å². The van der Waals surface area contributed by atoms with Gasteiger partial charge < -0.3 is 19.5 Å². The predicted octanol–water partition coefficient (Wildman–Crippen LogP) is 6.22. The molecule has 0 radical (unpaired) electrons. The average Bonchev–Trinajstić information content (AvgIpc) is 3.19. The molecule has 5 rings (SSSR count). The number of aliphatic carboxylic acids is 1. The largest absolute Gasteiger partial charge is 0.573 e. The molecule has 0 bridgehead atoms. The molecule has 3 aromatic carbocycles. The van der Waals surface area contributed by atoms with E-state index in [4.69, 9.17) is 4.74 Å². The number of anilines is 1. The summed E-state index contributed by atoms with van der Waals surface area (Å²) < 4.78 is 47.3. The molecule has 1 aliphatic heterocycles. The van der Waals surface area contributed by atoms with Crippen LogP contribution in [0, 0.1) is 0 Å². The Morgan fingerprint density at radius 3 is 2.54 bits per heavy atom. The zero-order chi connectivity index (χ0) is 26.2. The molecule has 1 amide bonds. The number of hydrogen-bond donors (Lipinski definition) is 1. The van der Waals surface area contributed by atoms with Gasteiger partial charge in [0.05, 0.1) is 13.0 Å². The second-order valence-corrected chi connectivity index (χ2v) is 9.21. The second kappa shape index (κ2) is 9.80. The van der Waals surface area contributed by atoms with Gasteiger partial charge in [0, 0.05) is 11.3 Å². The number of carbonyl (C=O) groups is 2. The normalized spacial score (nSPS) is 16.8. The minimum atomic E-state index is -4.78. The third-order valence-corrected chi connectivity index (χ3v) is 6.82. The summed E-state index contributed by atoms with van der Waals surface area (Å²) in [4.78, 5) is 25.7. The number of nitrogens with zero attached hydrogens (tertiary/aromatic N) is 1. The van der Waals surface area contributed by atoms with Crippen LogP contribution < -0.4 is 14.4 Å². The number of rotatable bonds is 7. The predicted molar refractivity (Wildman–Crippen MR) is 129 cm³/mol. The van der Waals surface area contributed by atoms with Crippen LogP contribution in [-0.2, 0) is 24.4 Å². The van der Waals surface area contributed by atoms with Crippen LogP contribution in [0.5, 0.6) is 11.5 Å². The van der Waals surface area contributed by atoms with E-state index in [1.54, 1.807) is 12.1 Å². The van der Waals surface area contributed by atoms with Crippen molar-refractivity contribution in [3.63, 3.8) is 0 Å². The Labute approximate surface area is 211 Å². The summed E-state index contributed by atoms with van der Waals surface area (Å²) in [6, 6.07) is 16.4. The molecule has 192 valence electrons. The van der Waals surface area contributed by atoms with Crippen LogP contribution in [0.2, 0.25) is 0 Å². The van der Waals surface area contributed by atoms with Crippen molar-refractivity contribution in [2.24, 2.45) is 0 Å². The van der Waals surface area contributed by atoms with Gasteiger partial charge in [-0.1, -0.05) is 18.2 Å². The SMILES string of the molecule is O=C(O)CC1CCCc2cc(OCc3cccc4c3CN(c3ccc(OC(F)(F)F)cc3)C4=O)ccc21. The Balaban J connectivity index is 1.29. The molecule has 37 heavy (non-hydrogen) atoms. The summed E-state index contributed by atoms with van der Waals surface area (Å²) in [5.74, 6) is -0.703. The molecule has 9 heteroatoms. The molecule has 0 saturated heterocycles. The Morgan fingerprint density at radius 2 is 1.81 bits per heavy atom. The number of alkyl halides is 3. The molecule has 0 aromatic heterocycles. The number of ether oxygens (including phenoxy) is 2. The number of halogens is 3. The fourth-order valence-electron chi connectivity index (χ4n) is 5.13. The van der Waals surface area contributed by atoms with Crippen molar-refractivity contribution in [1.82, 2.24) is 0 Å². The lowest BCUT2D eigenvalue weighted by Gasteiger charge is -2.25. The third-order valence-electron chi connectivity index (χ3n) is 6.82. The summed E-state index contributed by atoms with van der Waals surface area (Å²) in [5, 5.41) is 9.20. The van der Waals surface area contributed by atoms with E-state index in [1.165, 1.54) is 29.2 Å². The number of hydrogen-bond acceptors (Lipinski definition) is 4. The Hall–Kier alpha value is -4.01. The van der Waals surface area contributed by atoms with Gasteiger partial charge in [-0.15, -0.1) is 13.2 Å². The summed E-state index contributed by atoms with van der Waals surface area (Å²) in [6.07, 6.45) is -2.00. The number of benzene rings is 3. The van der Waals surface area contributed by atoms with Gasteiger partial charge in [0.1, 0.15) is 18.1 Å². The van der Waals surface area contributed by atoms with Crippen molar-refractivity contribution in [1.29, 1.82) is 0 Å². The van der Waals surface area contributed by atoms with Gasteiger partial charge in [0.2, 0.25) is 0 Å². The molecule has 6 nitrogen and oxygen atoms in total. The quantitative estimate of drug-likeness (QED) is 0.408. The number of aryl methyl sites for hydroxylation is 1. The topological polar surface area (TPSA) is 76.1 Å². The van der Waals surface area contributed by atoms with Gasteiger partial charge in [-0.05, 0) is 89.9 Å². The maximum atomic E-state index is 13.0. The molecule has 2 aliphatic rings. The van der Waals surface area contributed by atoms with Crippen molar-refractivity contribution >= 4 is 17.6 Å². The van der Waals surface area contributed by atoms with Crippen molar-refractivity contribution < 1.29 is 37.3 Å². The third kappa shape index (κ3) is 5.40. The fourth-order valence-corrected chi connectivity index (χ4v) is 5.13. The van der Waals surface area contributed by atoms with E-state index < -0.39 is 12.3 Å². The first-order chi connectivity index (χ1) is 17.7. The van der Waals surface area contributed by atoms with Crippen LogP contribution in [0.1, 0.15) is 57.8 Å². The van der Waals surface area contributed by atoms with Crippen LogP contribution in [0.25, 0.3) is 0 Å². The molecule has 1 heterocycles. The number of amides is 1. The highest BCUT2D eigenvalue weighted by Gasteiger charge is 2.32. The Morgan fingerprint density at radius 1 is 1.05 bits per heavy atom.